The second-order valence-electron chi connectivity index (χ2n) is 7.78. The zero-order chi connectivity index (χ0) is 22.3. The first-order chi connectivity index (χ1) is 14.9. The summed E-state index contributed by atoms with van der Waals surface area (Å²) >= 11 is 5.97. The van der Waals surface area contributed by atoms with Gasteiger partial charge in [0.1, 0.15) is 6.54 Å². The molecule has 2 aromatic carbocycles. The minimum atomic E-state index is -3.95. The van der Waals surface area contributed by atoms with E-state index in [4.69, 9.17) is 11.6 Å². The van der Waals surface area contributed by atoms with Gasteiger partial charge in [0.25, 0.3) is 15.9 Å². The molecule has 0 spiro atoms. The van der Waals surface area contributed by atoms with Crippen LogP contribution in [0.4, 0.5) is 5.69 Å². The third-order valence-corrected chi connectivity index (χ3v) is 7.32. The highest BCUT2D eigenvalue weighted by atomic mass is 35.5. The zero-order valence-corrected chi connectivity index (χ0v) is 19.3. The molecule has 8 heteroatoms. The molecule has 3 rings (SSSR count). The molecule has 1 saturated carbocycles. The maximum atomic E-state index is 13.3. The van der Waals surface area contributed by atoms with E-state index in [1.165, 1.54) is 19.3 Å². The maximum absolute atomic E-state index is 13.3. The molecule has 166 valence electrons. The summed E-state index contributed by atoms with van der Waals surface area (Å²) in [4.78, 5) is 12.8. The van der Waals surface area contributed by atoms with Crippen molar-refractivity contribution in [3.8, 4) is 0 Å². The van der Waals surface area contributed by atoms with Crippen LogP contribution in [0.3, 0.4) is 0 Å². The van der Waals surface area contributed by atoms with Gasteiger partial charge in [0.15, 0.2) is 0 Å². The van der Waals surface area contributed by atoms with Crippen molar-refractivity contribution < 1.29 is 13.2 Å². The molecular formula is C23H28ClN3O3S. The number of rotatable bonds is 6. The Morgan fingerprint density at radius 3 is 2.16 bits per heavy atom. The van der Waals surface area contributed by atoms with E-state index in [9.17, 15) is 13.2 Å². The van der Waals surface area contributed by atoms with Gasteiger partial charge in [0.2, 0.25) is 0 Å². The summed E-state index contributed by atoms with van der Waals surface area (Å²) in [6.45, 7) is 1.50. The number of nitrogens with one attached hydrogen (secondary N) is 1. The van der Waals surface area contributed by atoms with Crippen molar-refractivity contribution in [3.63, 3.8) is 0 Å². The predicted octanol–water partition coefficient (Wildman–Crippen LogP) is 5.06. The molecule has 0 aliphatic heterocycles. The highest BCUT2D eigenvalue weighted by molar-refractivity contribution is 7.92. The quantitative estimate of drug-likeness (QED) is 0.610. The summed E-state index contributed by atoms with van der Waals surface area (Å²) in [5, 5.41) is 4.77. The molecule has 0 radical (unpaired) electrons. The van der Waals surface area contributed by atoms with Gasteiger partial charge >= 0.3 is 0 Å². The lowest BCUT2D eigenvalue weighted by atomic mass is 9.99. The molecule has 1 fully saturated rings. The van der Waals surface area contributed by atoms with E-state index >= 15 is 0 Å². The van der Waals surface area contributed by atoms with Crippen LogP contribution in [-0.2, 0) is 14.8 Å². The minimum Gasteiger partial charge on any atom is -0.271 e. The van der Waals surface area contributed by atoms with Crippen LogP contribution in [0, 0.1) is 6.92 Å². The maximum Gasteiger partial charge on any atom is 0.264 e. The van der Waals surface area contributed by atoms with Gasteiger partial charge < -0.3 is 0 Å². The Hall–Kier alpha value is -2.38. The highest BCUT2D eigenvalue weighted by Crippen LogP contribution is 2.25. The first kappa shape index (κ1) is 23.3. The van der Waals surface area contributed by atoms with E-state index in [0.29, 0.717) is 10.7 Å². The molecule has 31 heavy (non-hydrogen) atoms. The molecule has 2 aromatic rings. The number of carbonyl (C=O) groups excluding carboxylic acids is 1. The van der Waals surface area contributed by atoms with Crippen LogP contribution in [0.5, 0.6) is 0 Å². The average molecular weight is 462 g/mol. The van der Waals surface area contributed by atoms with Crippen LogP contribution in [0.2, 0.25) is 5.02 Å². The number of halogens is 1. The topological polar surface area (TPSA) is 78.8 Å². The van der Waals surface area contributed by atoms with Gasteiger partial charge in [0.05, 0.1) is 10.6 Å². The van der Waals surface area contributed by atoms with Gasteiger partial charge in [-0.05, 0) is 69.0 Å². The van der Waals surface area contributed by atoms with Crippen molar-refractivity contribution in [2.24, 2.45) is 5.10 Å². The number of sulfonamides is 1. The highest BCUT2D eigenvalue weighted by Gasteiger charge is 2.27. The lowest BCUT2D eigenvalue weighted by molar-refractivity contribution is -0.119. The fourth-order valence-electron chi connectivity index (χ4n) is 3.49. The van der Waals surface area contributed by atoms with Crippen LogP contribution in [0.1, 0.15) is 50.5 Å². The Bertz CT molecular complexity index is 1010. The Balaban J connectivity index is 1.82. The number of aryl methyl sites for hydroxylation is 1. The van der Waals surface area contributed by atoms with Crippen molar-refractivity contribution in [1.29, 1.82) is 0 Å². The molecule has 0 heterocycles. The van der Waals surface area contributed by atoms with Crippen LogP contribution < -0.4 is 9.73 Å². The molecule has 0 saturated heterocycles. The Morgan fingerprint density at radius 2 is 1.55 bits per heavy atom. The smallest absolute Gasteiger partial charge is 0.264 e. The van der Waals surface area contributed by atoms with Crippen LogP contribution in [-0.4, -0.2) is 26.6 Å². The van der Waals surface area contributed by atoms with Crippen molar-refractivity contribution in [2.45, 2.75) is 56.8 Å². The normalized spacial score (nSPS) is 15.0. The largest absolute Gasteiger partial charge is 0.271 e. The molecule has 0 atom stereocenters. The molecule has 1 N–H and O–H groups in total. The number of amides is 1. The summed E-state index contributed by atoms with van der Waals surface area (Å²) in [6, 6.07) is 12.9. The molecule has 0 bridgehead atoms. The predicted molar refractivity (Wildman–Crippen MR) is 125 cm³/mol. The first-order valence-corrected chi connectivity index (χ1v) is 12.4. The summed E-state index contributed by atoms with van der Waals surface area (Å²) in [7, 11) is -3.95. The number of nitrogens with zero attached hydrogens (tertiary/aromatic N) is 2. The lowest BCUT2D eigenvalue weighted by Gasteiger charge is -2.24. The summed E-state index contributed by atoms with van der Waals surface area (Å²) in [5.74, 6) is -0.486. The lowest BCUT2D eigenvalue weighted by Crippen LogP contribution is -2.39. The van der Waals surface area contributed by atoms with Crippen LogP contribution >= 0.6 is 11.6 Å². The second kappa shape index (κ2) is 10.8. The summed E-state index contributed by atoms with van der Waals surface area (Å²) < 4.78 is 27.7. The molecule has 6 nitrogen and oxygen atoms in total. The molecule has 1 aliphatic carbocycles. The van der Waals surface area contributed by atoms with Crippen molar-refractivity contribution >= 4 is 38.9 Å². The van der Waals surface area contributed by atoms with Gasteiger partial charge in [-0.2, -0.15) is 5.10 Å². The second-order valence-corrected chi connectivity index (χ2v) is 10.1. The molecule has 0 aromatic heterocycles. The van der Waals surface area contributed by atoms with Gasteiger partial charge in [-0.1, -0.05) is 48.6 Å². The molecule has 0 unspecified atom stereocenters. The molecule has 1 amide bonds. The SMILES string of the molecule is Cc1ccc(S(=O)(=O)N(CC(=O)NN=C2CCCCCCC2)c2ccc(Cl)cc2)cc1. The van der Waals surface area contributed by atoms with Crippen LogP contribution in [0.15, 0.2) is 58.5 Å². The molecular weight excluding hydrogens is 434 g/mol. The zero-order valence-electron chi connectivity index (χ0n) is 17.7. The standard InChI is InChI=1S/C23H28ClN3O3S/c1-18-9-15-22(16-10-18)31(29,30)27(21-13-11-19(24)12-14-21)17-23(28)26-25-20-7-5-3-2-4-6-8-20/h9-16H,2-8,17H2,1H3,(H,26,28). The number of hydrogen-bond donors (Lipinski definition) is 1. The van der Waals surface area contributed by atoms with Crippen molar-refractivity contribution in [2.75, 3.05) is 10.8 Å². The van der Waals surface area contributed by atoms with Crippen molar-refractivity contribution in [3.05, 3.63) is 59.1 Å². The monoisotopic (exact) mass is 461 g/mol. The van der Waals surface area contributed by atoms with Crippen molar-refractivity contribution in [1.82, 2.24) is 5.43 Å². The fraction of sp³-hybridized carbons (Fsp3) is 0.391. The van der Waals surface area contributed by atoms with Crippen LogP contribution in [0.25, 0.3) is 0 Å². The van der Waals surface area contributed by atoms with E-state index in [0.717, 1.165) is 41.3 Å². The Morgan fingerprint density at radius 1 is 0.968 bits per heavy atom. The first-order valence-electron chi connectivity index (χ1n) is 10.6. The van der Waals surface area contributed by atoms with E-state index in [1.54, 1.807) is 48.5 Å². The third kappa shape index (κ3) is 6.55. The number of anilines is 1. The minimum absolute atomic E-state index is 0.118. The Kier molecular flexibility index (Phi) is 8.09. The summed E-state index contributed by atoms with van der Waals surface area (Å²) in [6.07, 6.45) is 7.44. The van der Waals surface area contributed by atoms with Gasteiger partial charge in [-0.3, -0.25) is 9.10 Å². The van der Waals surface area contributed by atoms with E-state index in [2.05, 4.69) is 10.5 Å². The number of benzene rings is 2. The number of hydrazone groups is 1. The van der Waals surface area contributed by atoms with Gasteiger partial charge in [0, 0.05) is 10.7 Å². The van der Waals surface area contributed by atoms with E-state index in [-0.39, 0.29) is 11.4 Å². The number of hydrogen-bond acceptors (Lipinski definition) is 4. The average Bonchev–Trinajstić information content (AvgIpc) is 2.72. The Labute approximate surface area is 189 Å². The molecule has 1 aliphatic rings. The van der Waals surface area contributed by atoms with E-state index in [1.807, 2.05) is 6.92 Å². The number of carbonyl (C=O) groups is 1. The van der Waals surface area contributed by atoms with Gasteiger partial charge in [-0.15, -0.1) is 0 Å². The van der Waals surface area contributed by atoms with E-state index < -0.39 is 15.9 Å². The fourth-order valence-corrected chi connectivity index (χ4v) is 5.04. The summed E-state index contributed by atoms with van der Waals surface area (Å²) in [5.41, 5.74) is 4.84. The third-order valence-electron chi connectivity index (χ3n) is 5.28. The van der Waals surface area contributed by atoms with Gasteiger partial charge in [-0.25, -0.2) is 13.8 Å².